The van der Waals surface area contributed by atoms with Crippen LogP contribution in [0.15, 0.2) is 77.7 Å². The maximum atomic E-state index is 13.5. The van der Waals surface area contributed by atoms with E-state index >= 15 is 0 Å². The van der Waals surface area contributed by atoms with E-state index in [0.717, 1.165) is 9.87 Å². The predicted octanol–water partition coefficient (Wildman–Crippen LogP) is 5.61. The molecule has 1 aliphatic rings. The van der Waals surface area contributed by atoms with Crippen LogP contribution in [0.4, 0.5) is 5.69 Å². The van der Waals surface area contributed by atoms with Crippen molar-refractivity contribution in [3.05, 3.63) is 88.4 Å². The fraction of sp³-hybridized carbons (Fsp3) is 0.240. The quantitative estimate of drug-likeness (QED) is 0.460. The fourth-order valence-corrected chi connectivity index (χ4v) is 6.03. The van der Waals surface area contributed by atoms with Gasteiger partial charge in [-0.15, -0.1) is 0 Å². The lowest BCUT2D eigenvalue weighted by Gasteiger charge is -2.38. The molecule has 0 fully saturated rings. The molecule has 3 aromatic rings. The summed E-state index contributed by atoms with van der Waals surface area (Å²) < 4.78 is 34.1. The molecule has 6 nitrogen and oxygen atoms in total. The van der Waals surface area contributed by atoms with Gasteiger partial charge in [-0.1, -0.05) is 59.6 Å². The van der Waals surface area contributed by atoms with Gasteiger partial charge in [0.2, 0.25) is 5.91 Å². The molecule has 0 aliphatic carbocycles. The second kappa shape index (κ2) is 9.49. The Labute approximate surface area is 209 Å². The topological polar surface area (TPSA) is 75.7 Å². The molecular formula is C25H24Cl2N2O4S. The number of hydrogen-bond donors (Lipinski definition) is 1. The third kappa shape index (κ3) is 5.17. The maximum absolute atomic E-state index is 13.5. The second-order valence-electron chi connectivity index (χ2n) is 8.64. The van der Waals surface area contributed by atoms with E-state index in [1.54, 1.807) is 18.2 Å². The van der Waals surface area contributed by atoms with Gasteiger partial charge in [0.05, 0.1) is 21.6 Å². The van der Waals surface area contributed by atoms with Crippen molar-refractivity contribution in [3.8, 4) is 5.75 Å². The minimum Gasteiger partial charge on any atom is -0.487 e. The van der Waals surface area contributed by atoms with Crippen LogP contribution in [-0.2, 0) is 14.8 Å². The zero-order valence-corrected chi connectivity index (χ0v) is 21.0. The van der Waals surface area contributed by atoms with Crippen LogP contribution in [0.25, 0.3) is 0 Å². The van der Waals surface area contributed by atoms with Crippen LogP contribution < -0.4 is 14.4 Å². The Morgan fingerprint density at radius 2 is 1.74 bits per heavy atom. The first kappa shape index (κ1) is 24.4. The number of halogens is 2. The number of ether oxygens (including phenoxy) is 1. The van der Waals surface area contributed by atoms with Gasteiger partial charge in [-0.25, -0.2) is 8.42 Å². The Kier molecular flexibility index (Phi) is 6.80. The smallest absolute Gasteiger partial charge is 0.264 e. The summed E-state index contributed by atoms with van der Waals surface area (Å²) in [6.07, 6.45) is 0.531. The Hall–Kier alpha value is -2.74. The van der Waals surface area contributed by atoms with E-state index < -0.39 is 28.1 Å². The number of nitrogens with one attached hydrogen (secondary N) is 1. The summed E-state index contributed by atoms with van der Waals surface area (Å²) in [4.78, 5) is 13.3. The molecule has 1 aliphatic heterocycles. The first-order chi connectivity index (χ1) is 16.1. The van der Waals surface area contributed by atoms with Gasteiger partial charge in [0.15, 0.2) is 0 Å². The summed E-state index contributed by atoms with van der Waals surface area (Å²) in [6, 6.07) is 19.5. The van der Waals surface area contributed by atoms with Crippen molar-refractivity contribution in [2.75, 3.05) is 10.8 Å². The predicted molar refractivity (Wildman–Crippen MR) is 134 cm³/mol. The molecule has 3 aromatic carbocycles. The fourth-order valence-electron chi connectivity index (χ4n) is 4.00. The molecular weight excluding hydrogens is 495 g/mol. The number of hydrogen-bond acceptors (Lipinski definition) is 4. The zero-order valence-electron chi connectivity index (χ0n) is 18.7. The van der Waals surface area contributed by atoms with E-state index in [9.17, 15) is 13.2 Å². The molecule has 9 heteroatoms. The van der Waals surface area contributed by atoms with Crippen LogP contribution in [0.3, 0.4) is 0 Å². The zero-order chi connectivity index (χ0) is 24.5. The Morgan fingerprint density at radius 3 is 2.44 bits per heavy atom. The van der Waals surface area contributed by atoms with Gasteiger partial charge in [0.1, 0.15) is 17.9 Å². The highest BCUT2D eigenvalue weighted by atomic mass is 35.5. The van der Waals surface area contributed by atoms with Gasteiger partial charge in [0.25, 0.3) is 10.0 Å². The largest absolute Gasteiger partial charge is 0.487 e. The molecule has 34 heavy (non-hydrogen) atoms. The number of nitrogens with zero attached hydrogens (tertiary/aromatic N) is 1. The number of sulfonamides is 1. The van der Waals surface area contributed by atoms with E-state index in [4.69, 9.17) is 27.9 Å². The van der Waals surface area contributed by atoms with Gasteiger partial charge < -0.3 is 10.1 Å². The molecule has 1 amide bonds. The lowest BCUT2D eigenvalue weighted by Crippen LogP contribution is -2.45. The summed E-state index contributed by atoms with van der Waals surface area (Å²) in [7, 11) is -4.09. The third-order valence-corrected chi connectivity index (χ3v) is 7.82. The van der Waals surface area contributed by atoms with Crippen molar-refractivity contribution in [1.82, 2.24) is 5.32 Å². The van der Waals surface area contributed by atoms with Crippen LogP contribution in [0.5, 0.6) is 5.75 Å². The number of anilines is 1. The van der Waals surface area contributed by atoms with Crippen LogP contribution in [0.2, 0.25) is 10.0 Å². The van der Waals surface area contributed by atoms with Crippen molar-refractivity contribution in [2.24, 2.45) is 0 Å². The van der Waals surface area contributed by atoms with E-state index in [0.29, 0.717) is 17.2 Å². The van der Waals surface area contributed by atoms with Crippen molar-refractivity contribution >= 4 is 44.8 Å². The summed E-state index contributed by atoms with van der Waals surface area (Å²) in [5.74, 6) is 0.224. The monoisotopic (exact) mass is 518 g/mol. The highest BCUT2D eigenvalue weighted by Crippen LogP contribution is 2.39. The summed E-state index contributed by atoms with van der Waals surface area (Å²) in [5.41, 5.74) is 0.511. The molecule has 1 atom stereocenters. The number of para-hydroxylation sites is 1. The van der Waals surface area contributed by atoms with Crippen LogP contribution in [0, 0.1) is 0 Å². The minimum absolute atomic E-state index is 0.0476. The first-order valence-electron chi connectivity index (χ1n) is 10.7. The Morgan fingerprint density at radius 1 is 1.06 bits per heavy atom. The van der Waals surface area contributed by atoms with Gasteiger partial charge in [-0.2, -0.15) is 0 Å². The Balaban J connectivity index is 1.67. The second-order valence-corrected chi connectivity index (χ2v) is 11.4. The van der Waals surface area contributed by atoms with Crippen LogP contribution in [0.1, 0.15) is 31.9 Å². The highest BCUT2D eigenvalue weighted by molar-refractivity contribution is 7.92. The summed E-state index contributed by atoms with van der Waals surface area (Å²) >= 11 is 12.4. The molecule has 178 valence electrons. The number of fused-ring (bicyclic) bond motifs is 1. The van der Waals surface area contributed by atoms with E-state index in [1.165, 1.54) is 30.3 Å². The van der Waals surface area contributed by atoms with Crippen molar-refractivity contribution in [2.45, 2.75) is 36.8 Å². The van der Waals surface area contributed by atoms with Crippen LogP contribution in [-0.4, -0.2) is 26.5 Å². The molecule has 4 rings (SSSR count). The van der Waals surface area contributed by atoms with Gasteiger partial charge in [-0.05, 0) is 50.2 Å². The average Bonchev–Trinajstić information content (AvgIpc) is 2.78. The summed E-state index contributed by atoms with van der Waals surface area (Å²) in [6.45, 7) is 3.43. The SMILES string of the molecule is CC1(C)CC(NC(=O)CN(c2ccc(Cl)cc2Cl)S(=O)(=O)c2ccccc2)c2ccccc2O1. The lowest BCUT2D eigenvalue weighted by atomic mass is 9.89. The normalized spacial score (nSPS) is 16.8. The van der Waals surface area contributed by atoms with Crippen LogP contribution >= 0.6 is 23.2 Å². The molecule has 0 spiro atoms. The maximum Gasteiger partial charge on any atom is 0.264 e. The average molecular weight is 519 g/mol. The Bertz CT molecular complexity index is 1310. The highest BCUT2D eigenvalue weighted by Gasteiger charge is 2.35. The molecule has 1 unspecified atom stereocenters. The molecule has 1 heterocycles. The van der Waals surface area contributed by atoms with Gasteiger partial charge >= 0.3 is 0 Å². The first-order valence-corrected chi connectivity index (χ1v) is 12.9. The standard InChI is InChI=1S/C25H24Cl2N2O4S/c1-25(2)15-21(19-10-6-7-11-23(19)33-25)28-24(30)16-29(22-13-12-17(26)14-20(22)27)34(31,32)18-8-4-3-5-9-18/h3-14,21H,15-16H2,1-2H3,(H,28,30). The molecule has 0 bridgehead atoms. The lowest BCUT2D eigenvalue weighted by molar-refractivity contribution is -0.120. The summed E-state index contributed by atoms with van der Waals surface area (Å²) in [5, 5.41) is 3.47. The molecule has 1 N–H and O–H groups in total. The van der Waals surface area contributed by atoms with Gasteiger partial charge in [-0.3, -0.25) is 9.10 Å². The number of carbonyl (C=O) groups is 1. The molecule has 0 saturated heterocycles. The van der Waals surface area contributed by atoms with Crippen molar-refractivity contribution < 1.29 is 17.9 Å². The van der Waals surface area contributed by atoms with E-state index in [2.05, 4.69) is 5.32 Å². The van der Waals surface area contributed by atoms with Crippen molar-refractivity contribution in [1.29, 1.82) is 0 Å². The van der Waals surface area contributed by atoms with Gasteiger partial charge in [0, 0.05) is 17.0 Å². The van der Waals surface area contributed by atoms with E-state index in [-0.39, 0.29) is 21.6 Å². The third-order valence-electron chi connectivity index (χ3n) is 5.51. The molecule has 0 radical (unpaired) electrons. The number of benzene rings is 3. The number of amides is 1. The number of carbonyl (C=O) groups excluding carboxylic acids is 1. The number of rotatable bonds is 6. The van der Waals surface area contributed by atoms with Crippen molar-refractivity contribution in [3.63, 3.8) is 0 Å². The van der Waals surface area contributed by atoms with E-state index in [1.807, 2.05) is 38.1 Å². The molecule has 0 saturated carbocycles. The minimum atomic E-state index is -4.09. The molecule has 0 aromatic heterocycles.